The number of hydrogen-bond acceptors (Lipinski definition) is 5. The highest BCUT2D eigenvalue weighted by Gasteiger charge is 2.13. The van der Waals surface area contributed by atoms with Gasteiger partial charge in [-0.15, -0.1) is 0 Å². The number of hydrogen-bond donors (Lipinski definition) is 0. The molecule has 0 fully saturated rings. The largest absolute Gasteiger partial charge is 0.493 e. The summed E-state index contributed by atoms with van der Waals surface area (Å²) in [5.74, 6) is 1.91. The highest BCUT2D eigenvalue weighted by molar-refractivity contribution is 5.90. The third-order valence-electron chi connectivity index (χ3n) is 3.30. The van der Waals surface area contributed by atoms with E-state index in [4.69, 9.17) is 9.47 Å². The number of methoxy groups -OCH3 is 2. The standard InChI is InChI=1S/C16H19N3O3/c1-12(20)19(16-6-8-17-11-18-16)9-7-13-4-5-14(21-2)15(10-13)22-3/h4-6,8,10-11H,7,9H2,1-3H3. The number of aromatic nitrogens is 2. The summed E-state index contributed by atoms with van der Waals surface area (Å²) >= 11 is 0. The molecular weight excluding hydrogens is 282 g/mol. The molecule has 1 heterocycles. The number of nitrogens with zero attached hydrogens (tertiary/aromatic N) is 3. The van der Waals surface area contributed by atoms with Gasteiger partial charge in [-0.3, -0.25) is 9.69 Å². The summed E-state index contributed by atoms with van der Waals surface area (Å²) in [4.78, 5) is 21.4. The molecule has 0 radical (unpaired) electrons. The maximum absolute atomic E-state index is 11.8. The second-order valence-electron chi connectivity index (χ2n) is 4.68. The lowest BCUT2D eigenvalue weighted by atomic mass is 10.1. The van der Waals surface area contributed by atoms with Crippen LogP contribution in [0.5, 0.6) is 11.5 Å². The Labute approximate surface area is 129 Å². The summed E-state index contributed by atoms with van der Waals surface area (Å²) in [6.45, 7) is 2.05. The minimum absolute atomic E-state index is 0.0563. The highest BCUT2D eigenvalue weighted by Crippen LogP contribution is 2.27. The maximum atomic E-state index is 11.8. The molecule has 6 nitrogen and oxygen atoms in total. The van der Waals surface area contributed by atoms with Gasteiger partial charge in [0.2, 0.25) is 5.91 Å². The molecule has 1 aromatic carbocycles. The van der Waals surface area contributed by atoms with Gasteiger partial charge in [0.25, 0.3) is 0 Å². The summed E-state index contributed by atoms with van der Waals surface area (Å²) in [5, 5.41) is 0. The van der Waals surface area contributed by atoms with E-state index < -0.39 is 0 Å². The Morgan fingerprint density at radius 1 is 1.18 bits per heavy atom. The second-order valence-corrected chi connectivity index (χ2v) is 4.68. The first-order chi connectivity index (χ1) is 10.7. The molecule has 2 rings (SSSR count). The van der Waals surface area contributed by atoms with E-state index in [0.29, 0.717) is 30.3 Å². The van der Waals surface area contributed by atoms with Crippen molar-refractivity contribution in [3.8, 4) is 11.5 Å². The van der Waals surface area contributed by atoms with Crippen LogP contribution < -0.4 is 14.4 Å². The molecule has 1 amide bonds. The Morgan fingerprint density at radius 2 is 1.95 bits per heavy atom. The zero-order valence-electron chi connectivity index (χ0n) is 12.9. The van der Waals surface area contributed by atoms with Crippen molar-refractivity contribution < 1.29 is 14.3 Å². The van der Waals surface area contributed by atoms with E-state index in [2.05, 4.69) is 9.97 Å². The van der Waals surface area contributed by atoms with Gasteiger partial charge < -0.3 is 9.47 Å². The molecular formula is C16H19N3O3. The molecule has 116 valence electrons. The quantitative estimate of drug-likeness (QED) is 0.817. The zero-order valence-corrected chi connectivity index (χ0v) is 12.9. The van der Waals surface area contributed by atoms with Crippen LogP contribution in [-0.4, -0.2) is 36.6 Å². The van der Waals surface area contributed by atoms with Gasteiger partial charge in [-0.25, -0.2) is 9.97 Å². The molecule has 0 aliphatic rings. The molecule has 0 N–H and O–H groups in total. The topological polar surface area (TPSA) is 64.5 Å². The van der Waals surface area contributed by atoms with Crippen LogP contribution in [0.4, 0.5) is 5.82 Å². The number of carbonyl (C=O) groups excluding carboxylic acids is 1. The fourth-order valence-electron chi connectivity index (χ4n) is 2.15. The Hall–Kier alpha value is -2.63. The van der Waals surface area contributed by atoms with E-state index in [1.165, 1.54) is 13.3 Å². The number of benzene rings is 1. The summed E-state index contributed by atoms with van der Waals surface area (Å²) < 4.78 is 10.5. The van der Waals surface area contributed by atoms with Gasteiger partial charge in [0.15, 0.2) is 11.5 Å². The molecule has 0 saturated carbocycles. The third kappa shape index (κ3) is 3.72. The summed E-state index contributed by atoms with van der Waals surface area (Å²) in [5.41, 5.74) is 1.05. The minimum atomic E-state index is -0.0563. The van der Waals surface area contributed by atoms with Gasteiger partial charge in [0.1, 0.15) is 12.1 Å². The van der Waals surface area contributed by atoms with Crippen LogP contribution in [0.15, 0.2) is 36.8 Å². The zero-order chi connectivity index (χ0) is 15.9. The van der Waals surface area contributed by atoms with Crippen molar-refractivity contribution in [2.24, 2.45) is 0 Å². The Kier molecular flexibility index (Phi) is 5.30. The summed E-state index contributed by atoms with van der Waals surface area (Å²) in [6.07, 6.45) is 3.74. The van der Waals surface area contributed by atoms with Crippen LogP contribution in [0.2, 0.25) is 0 Å². The van der Waals surface area contributed by atoms with E-state index in [9.17, 15) is 4.79 Å². The smallest absolute Gasteiger partial charge is 0.225 e. The van der Waals surface area contributed by atoms with E-state index >= 15 is 0 Å². The Balaban J connectivity index is 2.12. The predicted molar refractivity (Wildman–Crippen MR) is 83.3 cm³/mol. The van der Waals surface area contributed by atoms with Gasteiger partial charge in [0.05, 0.1) is 14.2 Å². The van der Waals surface area contributed by atoms with Crippen LogP contribution in [0.25, 0.3) is 0 Å². The van der Waals surface area contributed by atoms with E-state index in [-0.39, 0.29) is 5.91 Å². The fraction of sp³-hybridized carbons (Fsp3) is 0.312. The maximum Gasteiger partial charge on any atom is 0.225 e. The number of amides is 1. The van der Waals surface area contributed by atoms with Crippen LogP contribution in [0, 0.1) is 0 Å². The van der Waals surface area contributed by atoms with Crippen molar-refractivity contribution >= 4 is 11.7 Å². The Morgan fingerprint density at radius 3 is 2.55 bits per heavy atom. The lowest BCUT2D eigenvalue weighted by Gasteiger charge is -2.20. The molecule has 0 saturated heterocycles. The molecule has 0 atom stereocenters. The lowest BCUT2D eigenvalue weighted by molar-refractivity contribution is -0.116. The predicted octanol–water partition coefficient (Wildman–Crippen LogP) is 2.09. The second kappa shape index (κ2) is 7.40. The van der Waals surface area contributed by atoms with Crippen LogP contribution in [0.3, 0.4) is 0 Å². The summed E-state index contributed by atoms with van der Waals surface area (Å²) in [7, 11) is 3.20. The summed E-state index contributed by atoms with van der Waals surface area (Å²) in [6, 6.07) is 7.45. The molecule has 22 heavy (non-hydrogen) atoms. The molecule has 1 aromatic heterocycles. The fourth-order valence-corrected chi connectivity index (χ4v) is 2.15. The molecule has 0 bridgehead atoms. The van der Waals surface area contributed by atoms with Gasteiger partial charge in [-0.1, -0.05) is 6.07 Å². The van der Waals surface area contributed by atoms with Crippen molar-refractivity contribution in [1.82, 2.24) is 9.97 Å². The van der Waals surface area contributed by atoms with Gasteiger partial charge in [-0.2, -0.15) is 0 Å². The van der Waals surface area contributed by atoms with E-state index in [1.807, 2.05) is 18.2 Å². The molecule has 0 aliphatic heterocycles. The number of carbonyl (C=O) groups is 1. The van der Waals surface area contributed by atoms with Gasteiger partial charge in [-0.05, 0) is 30.2 Å². The molecule has 0 spiro atoms. The first-order valence-electron chi connectivity index (χ1n) is 6.90. The van der Waals surface area contributed by atoms with Crippen LogP contribution >= 0.6 is 0 Å². The normalized spacial score (nSPS) is 10.1. The van der Waals surface area contributed by atoms with Crippen molar-refractivity contribution in [2.75, 3.05) is 25.7 Å². The molecule has 0 unspecified atom stereocenters. The number of rotatable bonds is 6. The first-order valence-corrected chi connectivity index (χ1v) is 6.90. The van der Waals surface area contributed by atoms with Crippen LogP contribution in [0.1, 0.15) is 12.5 Å². The Bertz CT molecular complexity index is 632. The van der Waals surface area contributed by atoms with Crippen molar-refractivity contribution in [3.63, 3.8) is 0 Å². The number of ether oxygens (including phenoxy) is 2. The first kappa shape index (κ1) is 15.8. The average molecular weight is 301 g/mol. The monoisotopic (exact) mass is 301 g/mol. The third-order valence-corrected chi connectivity index (χ3v) is 3.30. The van der Waals surface area contributed by atoms with Gasteiger partial charge in [0, 0.05) is 19.7 Å². The highest BCUT2D eigenvalue weighted by atomic mass is 16.5. The average Bonchev–Trinajstić information content (AvgIpc) is 2.55. The molecule has 2 aromatic rings. The SMILES string of the molecule is COc1ccc(CCN(C(C)=O)c2ccncn2)cc1OC. The lowest BCUT2D eigenvalue weighted by Crippen LogP contribution is -2.31. The van der Waals surface area contributed by atoms with Crippen molar-refractivity contribution in [1.29, 1.82) is 0 Å². The van der Waals surface area contributed by atoms with E-state index in [1.54, 1.807) is 31.4 Å². The van der Waals surface area contributed by atoms with E-state index in [0.717, 1.165) is 5.56 Å². The molecule has 0 aliphatic carbocycles. The van der Waals surface area contributed by atoms with Crippen LogP contribution in [-0.2, 0) is 11.2 Å². The van der Waals surface area contributed by atoms with Gasteiger partial charge >= 0.3 is 0 Å². The minimum Gasteiger partial charge on any atom is -0.493 e. The molecule has 6 heteroatoms. The van der Waals surface area contributed by atoms with Crippen molar-refractivity contribution in [3.05, 3.63) is 42.4 Å². The number of anilines is 1. The van der Waals surface area contributed by atoms with Crippen molar-refractivity contribution in [2.45, 2.75) is 13.3 Å².